The monoisotopic (exact) mass is 140 g/mol. The molecule has 0 aromatic rings. The Labute approximate surface area is 43.1 Å². The second-order valence-electron chi connectivity index (χ2n) is 0. The maximum atomic E-state index is 0. The van der Waals surface area contributed by atoms with E-state index in [1.165, 1.54) is 0 Å². The second kappa shape index (κ2) is 49.3. The summed E-state index contributed by atoms with van der Waals surface area (Å²) in [6.45, 7) is 0. The third-order valence-corrected chi connectivity index (χ3v) is 0. The smallest absolute Gasteiger partial charge is 2.00 e. The molecule has 0 aromatic heterocycles. The summed E-state index contributed by atoms with van der Waals surface area (Å²) in [5.41, 5.74) is 0. The van der Waals surface area contributed by atoms with Gasteiger partial charge in [0.05, 0.1) is 0 Å². The topological polar surface area (TPSA) is 88.5 Å². The van der Waals surface area contributed by atoms with Gasteiger partial charge in [0.15, 0.2) is 0 Å². The van der Waals surface area contributed by atoms with E-state index >= 15 is 0 Å². The average Bonchev–Trinajstić information content (AvgIpc) is 0. The van der Waals surface area contributed by atoms with Crippen molar-refractivity contribution in [2.75, 3.05) is 0 Å². The van der Waals surface area contributed by atoms with E-state index < -0.39 is 0 Å². The molecule has 0 bridgehead atoms. The first kappa shape index (κ1) is 116. The van der Waals surface area contributed by atoms with E-state index in [0.717, 1.165) is 0 Å². The molecule has 3 nitrogen and oxygen atoms in total. The van der Waals surface area contributed by atoms with Crippen LogP contribution in [0.15, 0.2) is 0 Å². The molecule has 0 atom stereocenters. The molecule has 4 heteroatoms. The van der Waals surface area contributed by atoms with Crippen LogP contribution in [-0.2, 0) is 37.2 Å². The van der Waals surface area contributed by atoms with Gasteiger partial charge < -0.3 is 16.4 Å². The van der Waals surface area contributed by atoms with Gasteiger partial charge in [0, 0.05) is 0 Å². The maximum Gasteiger partial charge on any atom is 4.00 e. The van der Waals surface area contributed by atoms with Gasteiger partial charge in [-0.15, -0.1) is 0 Å². The molecule has 0 aromatic carbocycles. The summed E-state index contributed by atoms with van der Waals surface area (Å²) in [6, 6.07) is 0. The van der Waals surface area contributed by atoms with E-state index in [0.29, 0.717) is 0 Å². The summed E-state index contributed by atoms with van der Waals surface area (Å²) in [7, 11) is 0. The quantitative estimate of drug-likeness (QED) is 0.411. The Morgan fingerprint density at radius 1 is 0.750 bits per heavy atom. The molecule has 0 heterocycles. The van der Waals surface area contributed by atoms with E-state index in [4.69, 9.17) is 0 Å². The summed E-state index contributed by atoms with van der Waals surface area (Å²) < 4.78 is 0. The van der Waals surface area contributed by atoms with Gasteiger partial charge in [-0.2, -0.15) is 0 Å². The Kier molecular flexibility index (Phi) is 1430. The molecule has 0 unspecified atom stereocenters. The third kappa shape index (κ3) is 14.7. The van der Waals surface area contributed by atoms with Crippen LogP contribution in [0, 0.1) is 0 Å². The van der Waals surface area contributed by atoms with Crippen molar-refractivity contribution in [3.8, 4) is 0 Å². The molecule has 0 saturated heterocycles. The molecular weight excluding hydrogens is 139 g/mol. The summed E-state index contributed by atoms with van der Waals surface area (Å²) in [5, 5.41) is 0. The summed E-state index contributed by atoms with van der Waals surface area (Å²) in [5.74, 6) is 0. The van der Waals surface area contributed by atoms with E-state index in [9.17, 15) is 0 Å². The predicted molar refractivity (Wildman–Crippen MR) is 4.99 cm³/mol. The van der Waals surface area contributed by atoms with Gasteiger partial charge in [-0.25, -0.2) is 0 Å². The first-order valence-corrected chi connectivity index (χ1v) is 0. The Morgan fingerprint density at radius 3 is 0.750 bits per heavy atom. The fraction of sp³-hybridized carbons (Fsp3) is 0. The van der Waals surface area contributed by atoms with Crippen LogP contribution in [0.3, 0.4) is 0 Å². The second-order valence-corrected chi connectivity index (χ2v) is 0. The zero-order chi connectivity index (χ0) is 0. The van der Waals surface area contributed by atoms with Crippen molar-refractivity contribution in [3.05, 3.63) is 0 Å². The normalized spacial score (nSPS) is 0. The molecular formula is H2O3Zr. The zero-order valence-corrected chi connectivity index (χ0v) is 4.27. The van der Waals surface area contributed by atoms with E-state index in [1.54, 1.807) is 0 Å². The van der Waals surface area contributed by atoms with Crippen LogP contribution in [0.1, 0.15) is 0 Å². The molecule has 24 valence electrons. The van der Waals surface area contributed by atoms with Gasteiger partial charge in [0.2, 0.25) is 0 Å². The molecule has 0 rings (SSSR count). The van der Waals surface area contributed by atoms with Crippen molar-refractivity contribution < 1.29 is 42.6 Å². The van der Waals surface area contributed by atoms with Crippen LogP contribution < -0.4 is 0 Å². The molecule has 0 spiro atoms. The van der Waals surface area contributed by atoms with Crippen molar-refractivity contribution in [3.63, 3.8) is 0 Å². The predicted octanol–water partition coefficient (Wildman–Crippen LogP) is -1.06. The maximum absolute atomic E-state index is 0. The molecule has 4 heavy (non-hydrogen) atoms. The van der Waals surface area contributed by atoms with Gasteiger partial charge in [-0.3, -0.25) is 0 Å². The molecule has 2 N–H and O–H groups in total. The molecule has 0 aliphatic carbocycles. The van der Waals surface area contributed by atoms with Crippen molar-refractivity contribution in [2.45, 2.75) is 0 Å². The minimum atomic E-state index is 0. The zero-order valence-electron chi connectivity index (χ0n) is 1.82. The first-order valence-electron chi connectivity index (χ1n) is 0. The largest absolute Gasteiger partial charge is 4.00 e. The number of rotatable bonds is 0. The first-order chi connectivity index (χ1) is 0. The minimum absolute atomic E-state index is 0. The van der Waals surface area contributed by atoms with Crippen molar-refractivity contribution in [1.29, 1.82) is 0 Å². The van der Waals surface area contributed by atoms with Crippen LogP contribution in [-0.4, -0.2) is 5.48 Å². The number of hydrogen-bond donors (Lipinski definition) is 0. The van der Waals surface area contributed by atoms with Gasteiger partial charge in [-0.1, -0.05) is 0 Å². The van der Waals surface area contributed by atoms with Crippen LogP contribution in [0.2, 0.25) is 0 Å². The van der Waals surface area contributed by atoms with Crippen LogP contribution in [0.5, 0.6) is 0 Å². The van der Waals surface area contributed by atoms with Crippen LogP contribution in [0.4, 0.5) is 0 Å². The van der Waals surface area contributed by atoms with Crippen LogP contribution in [0.25, 0.3) is 0 Å². The Morgan fingerprint density at radius 2 is 0.750 bits per heavy atom. The standard InChI is InChI=1S/H2O.2O.Zr/h1H2;;;/q;2*-2;+4. The van der Waals surface area contributed by atoms with Crippen LogP contribution >= 0.6 is 0 Å². The van der Waals surface area contributed by atoms with Crippen molar-refractivity contribution >= 4 is 0 Å². The molecule has 0 aliphatic rings. The van der Waals surface area contributed by atoms with Gasteiger partial charge in [0.1, 0.15) is 0 Å². The van der Waals surface area contributed by atoms with Gasteiger partial charge >= 0.3 is 26.2 Å². The van der Waals surface area contributed by atoms with Gasteiger partial charge in [-0.05, 0) is 0 Å². The molecule has 0 radical (unpaired) electrons. The molecule has 0 amide bonds. The van der Waals surface area contributed by atoms with E-state index in [2.05, 4.69) is 0 Å². The third-order valence-electron chi connectivity index (χ3n) is 0. The SMILES string of the molecule is O.[O-2].[O-2].[Zr+4]. The Hall–Kier alpha value is 0.763. The van der Waals surface area contributed by atoms with E-state index in [-0.39, 0.29) is 42.6 Å². The van der Waals surface area contributed by atoms with E-state index in [1.807, 2.05) is 0 Å². The summed E-state index contributed by atoms with van der Waals surface area (Å²) in [6.07, 6.45) is 0. The molecule has 0 saturated carbocycles. The Bertz CT molecular complexity index is 3.25. The molecule has 0 fully saturated rings. The van der Waals surface area contributed by atoms with Gasteiger partial charge in [0.25, 0.3) is 0 Å². The number of hydrogen-bond acceptors (Lipinski definition) is 0. The minimum Gasteiger partial charge on any atom is -2.00 e. The molecule has 0 aliphatic heterocycles. The average molecular weight is 141 g/mol. The Balaban J connectivity index is 0. The fourth-order valence-electron chi connectivity index (χ4n) is 0. The summed E-state index contributed by atoms with van der Waals surface area (Å²) >= 11 is 0. The van der Waals surface area contributed by atoms with Crippen molar-refractivity contribution in [1.82, 2.24) is 0 Å². The fourth-order valence-corrected chi connectivity index (χ4v) is 0. The van der Waals surface area contributed by atoms with Crippen molar-refractivity contribution in [2.24, 2.45) is 0 Å². The summed E-state index contributed by atoms with van der Waals surface area (Å²) in [4.78, 5) is 0.